The molecular weight excluding hydrogens is 274 g/mol. The SMILES string of the molecule is Cc1cc(N2CCSCC2)c2cccc([N+](=O)[O-])c2n1. The zero-order valence-corrected chi connectivity index (χ0v) is 12.0. The number of pyridine rings is 1. The second-order valence-corrected chi connectivity index (χ2v) is 6.04. The molecule has 0 atom stereocenters. The normalized spacial score (nSPS) is 15.6. The molecule has 1 aliphatic heterocycles. The van der Waals surface area contributed by atoms with Crippen LogP contribution in [-0.2, 0) is 0 Å². The Bertz CT molecular complexity index is 669. The van der Waals surface area contributed by atoms with Crippen LogP contribution in [0.25, 0.3) is 10.9 Å². The maximum absolute atomic E-state index is 11.2. The van der Waals surface area contributed by atoms with Crippen molar-refractivity contribution >= 4 is 34.0 Å². The molecule has 0 aliphatic carbocycles. The molecule has 0 radical (unpaired) electrons. The number of aromatic nitrogens is 1. The number of hydrogen-bond donors (Lipinski definition) is 0. The van der Waals surface area contributed by atoms with E-state index in [2.05, 4.69) is 9.88 Å². The van der Waals surface area contributed by atoms with Gasteiger partial charge in [0.15, 0.2) is 5.52 Å². The number of non-ortho nitro benzene ring substituents is 1. The summed E-state index contributed by atoms with van der Waals surface area (Å²) in [7, 11) is 0. The van der Waals surface area contributed by atoms with Crippen molar-refractivity contribution in [1.29, 1.82) is 0 Å². The summed E-state index contributed by atoms with van der Waals surface area (Å²) < 4.78 is 0. The van der Waals surface area contributed by atoms with Gasteiger partial charge in [0, 0.05) is 47.4 Å². The number of nitrogens with zero attached hydrogens (tertiary/aromatic N) is 3. The Morgan fingerprint density at radius 2 is 2.10 bits per heavy atom. The van der Waals surface area contributed by atoms with E-state index in [4.69, 9.17) is 0 Å². The third-order valence-corrected chi connectivity index (χ3v) is 4.42. The first-order valence-electron chi connectivity index (χ1n) is 6.54. The van der Waals surface area contributed by atoms with E-state index in [0.29, 0.717) is 5.52 Å². The number of thioether (sulfide) groups is 1. The number of para-hydroxylation sites is 1. The van der Waals surface area contributed by atoms with Gasteiger partial charge in [-0.2, -0.15) is 11.8 Å². The highest BCUT2D eigenvalue weighted by Crippen LogP contribution is 2.33. The second kappa shape index (κ2) is 5.28. The topological polar surface area (TPSA) is 59.3 Å². The summed E-state index contributed by atoms with van der Waals surface area (Å²) in [6, 6.07) is 7.21. The summed E-state index contributed by atoms with van der Waals surface area (Å²) in [5.41, 5.74) is 2.46. The number of nitro benzene ring substituents is 1. The van der Waals surface area contributed by atoms with Crippen molar-refractivity contribution in [3.05, 3.63) is 40.1 Å². The van der Waals surface area contributed by atoms with Gasteiger partial charge in [-0.3, -0.25) is 10.1 Å². The van der Waals surface area contributed by atoms with Crippen molar-refractivity contribution < 1.29 is 4.92 Å². The van der Waals surface area contributed by atoms with E-state index < -0.39 is 0 Å². The van der Waals surface area contributed by atoms with Crippen LogP contribution < -0.4 is 4.90 Å². The fourth-order valence-electron chi connectivity index (χ4n) is 2.55. The average Bonchev–Trinajstić information content (AvgIpc) is 2.46. The minimum absolute atomic E-state index is 0.0823. The van der Waals surface area contributed by atoms with Crippen LogP contribution in [0.1, 0.15) is 5.69 Å². The molecule has 1 saturated heterocycles. The molecule has 0 bridgehead atoms. The summed E-state index contributed by atoms with van der Waals surface area (Å²) in [4.78, 5) is 17.5. The van der Waals surface area contributed by atoms with Crippen molar-refractivity contribution in [2.75, 3.05) is 29.5 Å². The molecular formula is C14H15N3O2S. The Morgan fingerprint density at radius 1 is 1.35 bits per heavy atom. The van der Waals surface area contributed by atoms with Gasteiger partial charge in [0.2, 0.25) is 0 Å². The molecule has 2 aromatic rings. The monoisotopic (exact) mass is 289 g/mol. The highest BCUT2D eigenvalue weighted by atomic mass is 32.2. The first-order valence-corrected chi connectivity index (χ1v) is 7.70. The third-order valence-electron chi connectivity index (χ3n) is 3.47. The minimum Gasteiger partial charge on any atom is -0.369 e. The van der Waals surface area contributed by atoms with Gasteiger partial charge in [0.05, 0.1) is 4.92 Å². The molecule has 20 heavy (non-hydrogen) atoms. The van der Waals surface area contributed by atoms with Gasteiger partial charge < -0.3 is 4.90 Å². The first-order chi connectivity index (χ1) is 9.66. The van der Waals surface area contributed by atoms with Gasteiger partial charge in [-0.1, -0.05) is 12.1 Å². The fraction of sp³-hybridized carbons (Fsp3) is 0.357. The van der Waals surface area contributed by atoms with Gasteiger partial charge in [0.25, 0.3) is 5.69 Å². The van der Waals surface area contributed by atoms with Crippen LogP contribution in [0.2, 0.25) is 0 Å². The average molecular weight is 289 g/mol. The maximum atomic E-state index is 11.2. The van der Waals surface area contributed by atoms with E-state index in [-0.39, 0.29) is 10.6 Å². The van der Waals surface area contributed by atoms with Crippen LogP contribution in [0.3, 0.4) is 0 Å². The molecule has 0 saturated carbocycles. The number of benzene rings is 1. The van der Waals surface area contributed by atoms with Crippen LogP contribution in [0.4, 0.5) is 11.4 Å². The molecule has 2 heterocycles. The third kappa shape index (κ3) is 2.31. The number of fused-ring (bicyclic) bond motifs is 1. The molecule has 0 amide bonds. The smallest absolute Gasteiger partial charge is 0.295 e. The molecule has 0 spiro atoms. The zero-order chi connectivity index (χ0) is 14.1. The van der Waals surface area contributed by atoms with Crippen LogP contribution >= 0.6 is 11.8 Å². The van der Waals surface area contributed by atoms with Gasteiger partial charge >= 0.3 is 0 Å². The molecule has 1 fully saturated rings. The Morgan fingerprint density at radius 3 is 2.80 bits per heavy atom. The standard InChI is InChI=1S/C14H15N3O2S/c1-10-9-13(16-5-7-20-8-6-16)11-3-2-4-12(17(18)19)14(11)15-10/h2-4,9H,5-8H2,1H3. The highest BCUT2D eigenvalue weighted by Gasteiger charge is 2.19. The molecule has 3 rings (SSSR count). The molecule has 0 N–H and O–H groups in total. The number of hydrogen-bond acceptors (Lipinski definition) is 5. The molecule has 1 aromatic carbocycles. The van der Waals surface area contributed by atoms with Crippen LogP contribution in [-0.4, -0.2) is 34.5 Å². The zero-order valence-electron chi connectivity index (χ0n) is 11.2. The van der Waals surface area contributed by atoms with E-state index >= 15 is 0 Å². The largest absolute Gasteiger partial charge is 0.369 e. The van der Waals surface area contributed by atoms with E-state index in [0.717, 1.165) is 41.4 Å². The van der Waals surface area contributed by atoms with E-state index in [9.17, 15) is 10.1 Å². The summed E-state index contributed by atoms with van der Waals surface area (Å²) in [6.45, 7) is 3.84. The Labute approximate surface area is 121 Å². The van der Waals surface area contributed by atoms with Crippen molar-refractivity contribution in [2.45, 2.75) is 6.92 Å². The molecule has 5 nitrogen and oxygen atoms in total. The quantitative estimate of drug-likeness (QED) is 0.628. The second-order valence-electron chi connectivity index (χ2n) is 4.81. The molecule has 104 valence electrons. The lowest BCUT2D eigenvalue weighted by Crippen LogP contribution is -2.32. The van der Waals surface area contributed by atoms with Gasteiger partial charge in [-0.15, -0.1) is 0 Å². The number of nitro groups is 1. The van der Waals surface area contributed by atoms with Crippen LogP contribution in [0.15, 0.2) is 24.3 Å². The van der Waals surface area contributed by atoms with E-state index in [1.807, 2.05) is 30.8 Å². The molecule has 6 heteroatoms. The Hall–Kier alpha value is -1.82. The summed E-state index contributed by atoms with van der Waals surface area (Å²) >= 11 is 1.95. The number of aryl methyl sites for hydroxylation is 1. The molecule has 1 aromatic heterocycles. The highest BCUT2D eigenvalue weighted by molar-refractivity contribution is 7.99. The van der Waals surface area contributed by atoms with Crippen molar-refractivity contribution in [3.63, 3.8) is 0 Å². The van der Waals surface area contributed by atoms with E-state index in [1.54, 1.807) is 6.07 Å². The van der Waals surface area contributed by atoms with Crippen molar-refractivity contribution in [1.82, 2.24) is 4.98 Å². The summed E-state index contributed by atoms with van der Waals surface area (Å²) in [6.07, 6.45) is 0. The molecule has 0 unspecified atom stereocenters. The minimum atomic E-state index is -0.357. The van der Waals surface area contributed by atoms with Crippen LogP contribution in [0, 0.1) is 17.0 Å². The lowest BCUT2D eigenvalue weighted by atomic mass is 10.1. The maximum Gasteiger partial charge on any atom is 0.295 e. The van der Waals surface area contributed by atoms with Crippen molar-refractivity contribution in [2.24, 2.45) is 0 Å². The first kappa shape index (κ1) is 13.2. The molecule has 1 aliphatic rings. The van der Waals surface area contributed by atoms with Gasteiger partial charge in [-0.25, -0.2) is 4.98 Å². The fourth-order valence-corrected chi connectivity index (χ4v) is 3.46. The number of anilines is 1. The Balaban J connectivity index is 2.21. The summed E-state index contributed by atoms with van der Waals surface area (Å²) in [5, 5.41) is 12.0. The lowest BCUT2D eigenvalue weighted by molar-refractivity contribution is -0.383. The summed E-state index contributed by atoms with van der Waals surface area (Å²) in [5.74, 6) is 2.19. The van der Waals surface area contributed by atoms with Gasteiger partial charge in [0.1, 0.15) is 0 Å². The lowest BCUT2D eigenvalue weighted by Gasteiger charge is -2.29. The number of rotatable bonds is 2. The predicted molar refractivity (Wildman–Crippen MR) is 82.7 cm³/mol. The van der Waals surface area contributed by atoms with E-state index in [1.165, 1.54) is 6.07 Å². The van der Waals surface area contributed by atoms with Crippen LogP contribution in [0.5, 0.6) is 0 Å². The Kier molecular flexibility index (Phi) is 3.48. The predicted octanol–water partition coefficient (Wildman–Crippen LogP) is 3.00. The van der Waals surface area contributed by atoms with Crippen molar-refractivity contribution in [3.8, 4) is 0 Å². The van der Waals surface area contributed by atoms with Gasteiger partial charge in [-0.05, 0) is 13.0 Å².